The fourth-order valence-electron chi connectivity index (χ4n) is 2.16. The highest BCUT2D eigenvalue weighted by Gasteiger charge is 2.18. The first-order valence-corrected chi connectivity index (χ1v) is 6.66. The van der Waals surface area contributed by atoms with E-state index in [1.807, 2.05) is 12.3 Å². The Morgan fingerprint density at radius 2 is 1.72 bits per heavy atom. The predicted molar refractivity (Wildman–Crippen MR) is 75.3 cm³/mol. The zero-order valence-corrected chi connectivity index (χ0v) is 11.9. The van der Waals surface area contributed by atoms with Gasteiger partial charge < -0.3 is 4.74 Å². The van der Waals surface area contributed by atoms with E-state index in [2.05, 4.69) is 32.0 Å². The summed E-state index contributed by atoms with van der Waals surface area (Å²) >= 11 is 1.44. The van der Waals surface area contributed by atoms with Crippen LogP contribution < -0.4 is 0 Å². The fourth-order valence-corrected chi connectivity index (χ4v) is 3.15. The Morgan fingerprint density at radius 1 is 1.11 bits per heavy atom. The summed E-state index contributed by atoms with van der Waals surface area (Å²) in [6, 6.07) is 6.34. The number of esters is 1. The van der Waals surface area contributed by atoms with Crippen LogP contribution in [-0.4, -0.2) is 13.1 Å². The first-order chi connectivity index (χ1) is 8.52. The van der Waals surface area contributed by atoms with Gasteiger partial charge in [0, 0.05) is 5.56 Å². The Morgan fingerprint density at radius 3 is 2.28 bits per heavy atom. The van der Waals surface area contributed by atoms with E-state index in [1.165, 1.54) is 29.6 Å². The smallest absolute Gasteiger partial charge is 0.348 e. The van der Waals surface area contributed by atoms with Crippen LogP contribution in [0.25, 0.3) is 11.1 Å². The molecular formula is C15H16O2S. The summed E-state index contributed by atoms with van der Waals surface area (Å²) < 4.78 is 4.84. The van der Waals surface area contributed by atoms with Gasteiger partial charge in [0.2, 0.25) is 0 Å². The molecule has 94 valence electrons. The number of carbonyl (C=O) groups excluding carboxylic acids is 1. The Hall–Kier alpha value is -1.61. The predicted octanol–water partition coefficient (Wildman–Crippen LogP) is 4.13. The second-order valence-electron chi connectivity index (χ2n) is 4.49. The van der Waals surface area contributed by atoms with Crippen LogP contribution >= 0.6 is 11.3 Å². The topological polar surface area (TPSA) is 26.3 Å². The summed E-state index contributed by atoms with van der Waals surface area (Å²) in [5.74, 6) is -0.262. The maximum absolute atomic E-state index is 11.8. The third-order valence-corrected chi connectivity index (χ3v) is 3.93. The molecule has 2 nitrogen and oxygen atoms in total. The van der Waals surface area contributed by atoms with Crippen molar-refractivity contribution in [1.29, 1.82) is 0 Å². The molecule has 18 heavy (non-hydrogen) atoms. The van der Waals surface area contributed by atoms with Gasteiger partial charge in [-0.25, -0.2) is 4.79 Å². The highest BCUT2D eigenvalue weighted by molar-refractivity contribution is 7.12. The molecule has 2 rings (SSSR count). The van der Waals surface area contributed by atoms with Crippen molar-refractivity contribution in [3.8, 4) is 11.1 Å². The van der Waals surface area contributed by atoms with Gasteiger partial charge in [0.15, 0.2) is 0 Å². The Labute approximate surface area is 111 Å². The molecule has 0 aliphatic carbocycles. The molecule has 3 heteroatoms. The molecule has 0 saturated carbocycles. The van der Waals surface area contributed by atoms with Gasteiger partial charge in [-0.3, -0.25) is 0 Å². The number of hydrogen-bond acceptors (Lipinski definition) is 3. The molecule has 0 saturated heterocycles. The molecule has 0 spiro atoms. The van der Waals surface area contributed by atoms with Crippen molar-refractivity contribution >= 4 is 17.3 Å². The van der Waals surface area contributed by atoms with E-state index < -0.39 is 0 Å². The number of rotatable bonds is 2. The molecule has 1 aromatic carbocycles. The van der Waals surface area contributed by atoms with E-state index >= 15 is 0 Å². The van der Waals surface area contributed by atoms with E-state index in [0.717, 1.165) is 16.7 Å². The van der Waals surface area contributed by atoms with Crippen LogP contribution in [0.2, 0.25) is 0 Å². The first-order valence-electron chi connectivity index (χ1n) is 5.78. The quantitative estimate of drug-likeness (QED) is 0.759. The fraction of sp³-hybridized carbons (Fsp3) is 0.267. The Balaban J connectivity index is 2.62. The zero-order valence-electron chi connectivity index (χ0n) is 11.0. The van der Waals surface area contributed by atoms with E-state index in [4.69, 9.17) is 4.74 Å². The molecule has 0 atom stereocenters. The van der Waals surface area contributed by atoms with Gasteiger partial charge in [0.25, 0.3) is 0 Å². The zero-order chi connectivity index (χ0) is 13.3. The van der Waals surface area contributed by atoms with Crippen LogP contribution in [0.15, 0.2) is 23.6 Å². The number of ether oxygens (including phenoxy) is 1. The largest absolute Gasteiger partial charge is 0.465 e. The SMILES string of the molecule is COC(=O)c1scc(C)c1-c1cc(C)cc(C)c1. The highest BCUT2D eigenvalue weighted by atomic mass is 32.1. The molecule has 0 aliphatic heterocycles. The van der Waals surface area contributed by atoms with Crippen LogP contribution in [0, 0.1) is 20.8 Å². The average molecular weight is 260 g/mol. The highest BCUT2D eigenvalue weighted by Crippen LogP contribution is 2.34. The lowest BCUT2D eigenvalue weighted by Crippen LogP contribution is -2.00. The summed E-state index contributed by atoms with van der Waals surface area (Å²) in [7, 11) is 1.42. The maximum atomic E-state index is 11.8. The lowest BCUT2D eigenvalue weighted by molar-refractivity contribution is 0.0607. The Bertz CT molecular complexity index is 576. The third kappa shape index (κ3) is 2.31. The van der Waals surface area contributed by atoms with Crippen LogP contribution in [0.1, 0.15) is 26.4 Å². The molecule has 2 aromatic rings. The van der Waals surface area contributed by atoms with Crippen molar-refractivity contribution < 1.29 is 9.53 Å². The molecule has 0 bridgehead atoms. The lowest BCUT2D eigenvalue weighted by atomic mass is 9.98. The minimum absolute atomic E-state index is 0.262. The number of benzene rings is 1. The molecule has 0 fully saturated rings. The van der Waals surface area contributed by atoms with Crippen molar-refractivity contribution in [3.63, 3.8) is 0 Å². The van der Waals surface area contributed by atoms with Crippen LogP contribution in [0.5, 0.6) is 0 Å². The second-order valence-corrected chi connectivity index (χ2v) is 5.37. The monoisotopic (exact) mass is 260 g/mol. The number of hydrogen-bond donors (Lipinski definition) is 0. The van der Waals surface area contributed by atoms with Crippen LogP contribution in [-0.2, 0) is 4.74 Å². The number of carbonyl (C=O) groups is 1. The standard InChI is InChI=1S/C15H16O2S/c1-9-5-10(2)7-12(6-9)13-11(3)8-18-14(13)15(16)17-4/h5-8H,1-4H3. The second kappa shape index (κ2) is 4.94. The number of aryl methyl sites for hydroxylation is 3. The van der Waals surface area contributed by atoms with Crippen molar-refractivity contribution in [2.24, 2.45) is 0 Å². The molecule has 1 aromatic heterocycles. The van der Waals surface area contributed by atoms with Gasteiger partial charge in [-0.2, -0.15) is 0 Å². The van der Waals surface area contributed by atoms with Gasteiger partial charge in [-0.1, -0.05) is 29.3 Å². The molecule has 0 amide bonds. The van der Waals surface area contributed by atoms with Crippen LogP contribution in [0.3, 0.4) is 0 Å². The van der Waals surface area contributed by atoms with Crippen molar-refractivity contribution in [2.45, 2.75) is 20.8 Å². The van der Waals surface area contributed by atoms with Crippen molar-refractivity contribution in [3.05, 3.63) is 45.1 Å². The third-order valence-electron chi connectivity index (χ3n) is 2.86. The van der Waals surface area contributed by atoms with Gasteiger partial charge >= 0.3 is 5.97 Å². The Kier molecular flexibility index (Phi) is 3.53. The molecule has 0 N–H and O–H groups in total. The lowest BCUT2D eigenvalue weighted by Gasteiger charge is -2.07. The van der Waals surface area contributed by atoms with Gasteiger partial charge in [0.1, 0.15) is 4.88 Å². The first kappa shape index (κ1) is 12.8. The minimum atomic E-state index is -0.262. The summed E-state index contributed by atoms with van der Waals surface area (Å²) in [4.78, 5) is 12.5. The van der Waals surface area contributed by atoms with E-state index in [-0.39, 0.29) is 5.97 Å². The summed E-state index contributed by atoms with van der Waals surface area (Å²) in [6.07, 6.45) is 0. The van der Waals surface area contributed by atoms with Crippen LogP contribution in [0.4, 0.5) is 0 Å². The van der Waals surface area contributed by atoms with Gasteiger partial charge in [-0.15, -0.1) is 11.3 Å². The minimum Gasteiger partial charge on any atom is -0.465 e. The molecular weight excluding hydrogens is 244 g/mol. The maximum Gasteiger partial charge on any atom is 0.348 e. The summed E-state index contributed by atoms with van der Waals surface area (Å²) in [5, 5.41) is 2.00. The van der Waals surface area contributed by atoms with Crippen molar-refractivity contribution in [2.75, 3.05) is 7.11 Å². The van der Waals surface area contributed by atoms with E-state index in [1.54, 1.807) is 0 Å². The number of methoxy groups -OCH3 is 1. The normalized spacial score (nSPS) is 10.4. The number of thiophene rings is 1. The molecule has 0 aliphatic rings. The van der Waals surface area contributed by atoms with Gasteiger partial charge in [-0.05, 0) is 37.3 Å². The molecule has 0 radical (unpaired) electrons. The average Bonchev–Trinajstić information content (AvgIpc) is 2.69. The van der Waals surface area contributed by atoms with Gasteiger partial charge in [0.05, 0.1) is 7.11 Å². The molecule has 0 unspecified atom stereocenters. The summed E-state index contributed by atoms with van der Waals surface area (Å²) in [6.45, 7) is 6.15. The van der Waals surface area contributed by atoms with E-state index in [0.29, 0.717) is 4.88 Å². The van der Waals surface area contributed by atoms with E-state index in [9.17, 15) is 4.79 Å². The van der Waals surface area contributed by atoms with Crippen molar-refractivity contribution in [1.82, 2.24) is 0 Å². The molecule has 1 heterocycles. The summed E-state index contributed by atoms with van der Waals surface area (Å²) in [5.41, 5.74) is 5.61.